The quantitative estimate of drug-likeness (QED) is 0.733. The Morgan fingerprint density at radius 1 is 1.04 bits per heavy atom. The number of nitrogens with zero attached hydrogens (tertiary/aromatic N) is 2. The summed E-state index contributed by atoms with van der Waals surface area (Å²) in [6.45, 7) is 3.51. The highest BCUT2D eigenvalue weighted by molar-refractivity contribution is 6.03. The van der Waals surface area contributed by atoms with E-state index in [1.54, 1.807) is 13.8 Å². The van der Waals surface area contributed by atoms with Crippen LogP contribution < -0.4 is 5.32 Å². The fourth-order valence-corrected chi connectivity index (χ4v) is 2.78. The van der Waals surface area contributed by atoms with Crippen LogP contribution in [0.5, 0.6) is 0 Å². The standard InChI is InChI=1S/C19H16F3N3O/c1-12-17(23-13(2)25(12)16-9-4-3-5-10-16)18(26)24-15-8-6-7-14(11-15)19(20,21)22/h3-11H,1-2H3,(H,24,26). The van der Waals surface area contributed by atoms with Gasteiger partial charge in [0.2, 0.25) is 0 Å². The molecular weight excluding hydrogens is 343 g/mol. The molecule has 1 heterocycles. The number of para-hydroxylation sites is 1. The summed E-state index contributed by atoms with van der Waals surface area (Å²) in [5.41, 5.74) is 0.879. The van der Waals surface area contributed by atoms with Gasteiger partial charge in [0.25, 0.3) is 5.91 Å². The van der Waals surface area contributed by atoms with Crippen molar-refractivity contribution in [2.75, 3.05) is 5.32 Å². The van der Waals surface area contributed by atoms with Crippen LogP contribution in [0.25, 0.3) is 5.69 Å². The number of imidazole rings is 1. The molecule has 1 N–H and O–H groups in total. The summed E-state index contributed by atoms with van der Waals surface area (Å²) in [7, 11) is 0. The molecule has 0 saturated heterocycles. The number of hydrogen-bond donors (Lipinski definition) is 1. The van der Waals surface area contributed by atoms with Crippen molar-refractivity contribution in [2.24, 2.45) is 0 Å². The van der Waals surface area contributed by atoms with Crippen LogP contribution in [0, 0.1) is 13.8 Å². The summed E-state index contributed by atoms with van der Waals surface area (Å²) in [5.74, 6) is 0.0579. The minimum atomic E-state index is -4.47. The van der Waals surface area contributed by atoms with Crippen LogP contribution >= 0.6 is 0 Å². The van der Waals surface area contributed by atoms with Crippen molar-refractivity contribution in [3.8, 4) is 5.69 Å². The molecule has 4 nitrogen and oxygen atoms in total. The minimum Gasteiger partial charge on any atom is -0.321 e. The minimum absolute atomic E-state index is 0.0659. The third-order valence-corrected chi connectivity index (χ3v) is 3.95. The molecule has 0 fully saturated rings. The van der Waals surface area contributed by atoms with Crippen molar-refractivity contribution >= 4 is 11.6 Å². The van der Waals surface area contributed by atoms with Gasteiger partial charge in [0.1, 0.15) is 11.5 Å². The molecule has 0 aliphatic heterocycles. The Hall–Kier alpha value is -3.09. The van der Waals surface area contributed by atoms with Crippen molar-refractivity contribution in [1.29, 1.82) is 0 Å². The maximum Gasteiger partial charge on any atom is 0.416 e. The zero-order valence-corrected chi connectivity index (χ0v) is 14.1. The molecule has 0 aliphatic carbocycles. The van der Waals surface area contributed by atoms with Crippen molar-refractivity contribution in [1.82, 2.24) is 9.55 Å². The highest BCUT2D eigenvalue weighted by Gasteiger charge is 2.30. The summed E-state index contributed by atoms with van der Waals surface area (Å²) in [6, 6.07) is 13.9. The molecular formula is C19H16F3N3O. The first-order valence-electron chi connectivity index (χ1n) is 7.87. The van der Waals surface area contributed by atoms with Crippen LogP contribution in [-0.4, -0.2) is 15.5 Å². The normalized spacial score (nSPS) is 11.4. The van der Waals surface area contributed by atoms with Gasteiger partial charge >= 0.3 is 6.18 Å². The van der Waals surface area contributed by atoms with Gasteiger partial charge in [0, 0.05) is 11.4 Å². The van der Waals surface area contributed by atoms with E-state index in [-0.39, 0.29) is 11.4 Å². The van der Waals surface area contributed by atoms with Crippen LogP contribution in [-0.2, 0) is 6.18 Å². The third-order valence-electron chi connectivity index (χ3n) is 3.95. The monoisotopic (exact) mass is 359 g/mol. The second-order valence-corrected chi connectivity index (χ2v) is 5.80. The lowest BCUT2D eigenvalue weighted by atomic mass is 10.2. The molecule has 0 atom stereocenters. The number of halogens is 3. The lowest BCUT2D eigenvalue weighted by Gasteiger charge is -2.10. The Morgan fingerprint density at radius 2 is 1.73 bits per heavy atom. The van der Waals surface area contributed by atoms with Crippen LogP contribution in [0.2, 0.25) is 0 Å². The predicted octanol–water partition coefficient (Wildman–Crippen LogP) is 4.76. The van der Waals surface area contributed by atoms with Gasteiger partial charge in [-0.05, 0) is 44.2 Å². The van der Waals surface area contributed by atoms with Gasteiger partial charge in [-0.2, -0.15) is 13.2 Å². The maximum atomic E-state index is 12.8. The van der Waals surface area contributed by atoms with Gasteiger partial charge in [-0.15, -0.1) is 0 Å². The number of aromatic nitrogens is 2. The van der Waals surface area contributed by atoms with Crippen LogP contribution in [0.4, 0.5) is 18.9 Å². The van der Waals surface area contributed by atoms with Crippen molar-refractivity contribution in [3.05, 3.63) is 77.4 Å². The van der Waals surface area contributed by atoms with Gasteiger partial charge in [-0.25, -0.2) is 4.98 Å². The molecule has 0 radical (unpaired) electrons. The molecule has 0 aliphatic rings. The number of amides is 1. The lowest BCUT2D eigenvalue weighted by molar-refractivity contribution is -0.137. The molecule has 0 bridgehead atoms. The second-order valence-electron chi connectivity index (χ2n) is 5.80. The third kappa shape index (κ3) is 3.46. The van der Waals surface area contributed by atoms with E-state index in [2.05, 4.69) is 10.3 Å². The molecule has 7 heteroatoms. The number of alkyl halides is 3. The summed E-state index contributed by atoms with van der Waals surface area (Å²) < 4.78 is 40.2. The van der Waals surface area contributed by atoms with E-state index in [0.29, 0.717) is 11.5 Å². The Bertz CT molecular complexity index is 946. The Labute approximate surface area is 148 Å². The van der Waals surface area contributed by atoms with Crippen LogP contribution in [0.3, 0.4) is 0 Å². The average molecular weight is 359 g/mol. The van der Waals surface area contributed by atoms with Crippen LogP contribution in [0.15, 0.2) is 54.6 Å². The first kappa shape index (κ1) is 17.7. The number of rotatable bonds is 3. The Kier molecular flexibility index (Phi) is 4.54. The predicted molar refractivity (Wildman–Crippen MR) is 92.4 cm³/mol. The maximum absolute atomic E-state index is 12.8. The average Bonchev–Trinajstić information content (AvgIpc) is 2.90. The number of anilines is 1. The van der Waals surface area contributed by atoms with Gasteiger partial charge < -0.3 is 9.88 Å². The Balaban J connectivity index is 1.90. The fourth-order valence-electron chi connectivity index (χ4n) is 2.78. The van der Waals surface area contributed by atoms with E-state index < -0.39 is 17.6 Å². The number of aryl methyl sites for hydroxylation is 1. The van der Waals surface area contributed by atoms with E-state index in [1.165, 1.54) is 12.1 Å². The topological polar surface area (TPSA) is 46.9 Å². The molecule has 0 unspecified atom stereocenters. The molecule has 3 aromatic rings. The van der Waals surface area contributed by atoms with Crippen molar-refractivity contribution < 1.29 is 18.0 Å². The smallest absolute Gasteiger partial charge is 0.321 e. The van der Waals surface area contributed by atoms with Crippen LogP contribution in [0.1, 0.15) is 27.6 Å². The summed E-state index contributed by atoms with van der Waals surface area (Å²) >= 11 is 0. The molecule has 0 saturated carbocycles. The SMILES string of the molecule is Cc1nc(C(=O)Nc2cccc(C(F)(F)F)c2)c(C)n1-c1ccccc1. The number of hydrogen-bond acceptors (Lipinski definition) is 2. The number of nitrogens with one attached hydrogen (secondary N) is 1. The van der Waals surface area contributed by atoms with Gasteiger partial charge in [0.05, 0.1) is 11.3 Å². The van der Waals surface area contributed by atoms with E-state index in [4.69, 9.17) is 0 Å². The molecule has 1 amide bonds. The molecule has 26 heavy (non-hydrogen) atoms. The first-order valence-corrected chi connectivity index (χ1v) is 7.87. The molecule has 3 rings (SSSR count). The van der Waals surface area contributed by atoms with E-state index in [9.17, 15) is 18.0 Å². The number of carbonyl (C=O) groups is 1. The zero-order chi connectivity index (χ0) is 18.9. The molecule has 134 valence electrons. The zero-order valence-electron chi connectivity index (χ0n) is 14.1. The lowest BCUT2D eigenvalue weighted by Crippen LogP contribution is -2.15. The molecule has 0 spiro atoms. The summed E-state index contributed by atoms with van der Waals surface area (Å²) in [6.07, 6.45) is -4.47. The van der Waals surface area contributed by atoms with E-state index in [1.807, 2.05) is 34.9 Å². The highest BCUT2D eigenvalue weighted by Crippen LogP contribution is 2.30. The van der Waals surface area contributed by atoms with Gasteiger partial charge in [0.15, 0.2) is 0 Å². The number of carbonyl (C=O) groups excluding carboxylic acids is 1. The largest absolute Gasteiger partial charge is 0.416 e. The highest BCUT2D eigenvalue weighted by atomic mass is 19.4. The summed E-state index contributed by atoms with van der Waals surface area (Å²) in [5, 5.41) is 2.49. The van der Waals surface area contributed by atoms with Gasteiger partial charge in [-0.3, -0.25) is 4.79 Å². The van der Waals surface area contributed by atoms with Gasteiger partial charge in [-0.1, -0.05) is 24.3 Å². The van der Waals surface area contributed by atoms with E-state index >= 15 is 0 Å². The molecule has 1 aromatic heterocycles. The second kappa shape index (κ2) is 6.67. The fraction of sp³-hybridized carbons (Fsp3) is 0.158. The van der Waals surface area contributed by atoms with E-state index in [0.717, 1.165) is 17.8 Å². The molecule has 2 aromatic carbocycles. The summed E-state index contributed by atoms with van der Waals surface area (Å²) in [4.78, 5) is 16.8. The van der Waals surface area contributed by atoms with Crippen molar-refractivity contribution in [2.45, 2.75) is 20.0 Å². The van der Waals surface area contributed by atoms with Crippen molar-refractivity contribution in [3.63, 3.8) is 0 Å². The first-order chi connectivity index (χ1) is 12.3. The number of benzene rings is 2. The Morgan fingerprint density at radius 3 is 2.38 bits per heavy atom.